The van der Waals surface area contributed by atoms with E-state index in [1.54, 1.807) is 0 Å². The van der Waals surface area contributed by atoms with Gasteiger partial charge in [-0.25, -0.2) is 18.4 Å². The highest BCUT2D eigenvalue weighted by atomic mass is 35.5. The third kappa shape index (κ3) is 3.03. The van der Waals surface area contributed by atoms with Crippen LogP contribution in [0.5, 0.6) is 0 Å². The quantitative estimate of drug-likeness (QED) is 0.852. The molecule has 2 heterocycles. The second kappa shape index (κ2) is 5.88. The summed E-state index contributed by atoms with van der Waals surface area (Å²) in [6.07, 6.45) is 4.78. The number of hydrogen-bond donors (Lipinski definition) is 1. The number of aromatic nitrogens is 2. The molecule has 0 amide bonds. The maximum Gasteiger partial charge on any atom is 0.242 e. The third-order valence-electron chi connectivity index (χ3n) is 3.83. The lowest BCUT2D eigenvalue weighted by molar-refractivity contribution is 0.402. The van der Waals surface area contributed by atoms with Gasteiger partial charge in [0.25, 0.3) is 0 Å². The van der Waals surface area contributed by atoms with Gasteiger partial charge in [-0.2, -0.15) is 4.72 Å². The van der Waals surface area contributed by atoms with Gasteiger partial charge in [-0.1, -0.05) is 24.4 Å². The SMILES string of the molecule is Cc1csc(C2(NS(=O)(=O)c3ccc(Cl)nc3)CCCC2)n1. The number of thiazole rings is 1. The molecular formula is C14H16ClN3O2S2. The molecule has 1 aliphatic rings. The number of nitrogens with zero attached hydrogens (tertiary/aromatic N) is 2. The summed E-state index contributed by atoms with van der Waals surface area (Å²) in [5, 5.41) is 3.06. The highest BCUT2D eigenvalue weighted by Gasteiger charge is 2.41. The van der Waals surface area contributed by atoms with E-state index in [1.807, 2.05) is 12.3 Å². The predicted octanol–water partition coefficient (Wildman–Crippen LogP) is 3.25. The van der Waals surface area contributed by atoms with E-state index in [4.69, 9.17) is 11.6 Å². The van der Waals surface area contributed by atoms with Gasteiger partial charge in [0.1, 0.15) is 15.1 Å². The van der Waals surface area contributed by atoms with Crippen LogP contribution in [0.15, 0.2) is 28.6 Å². The Hall–Kier alpha value is -1.02. The van der Waals surface area contributed by atoms with E-state index < -0.39 is 15.6 Å². The van der Waals surface area contributed by atoms with E-state index in [9.17, 15) is 8.42 Å². The van der Waals surface area contributed by atoms with Crippen molar-refractivity contribution >= 4 is 33.0 Å². The van der Waals surface area contributed by atoms with E-state index in [2.05, 4.69) is 14.7 Å². The topological polar surface area (TPSA) is 72.0 Å². The third-order valence-corrected chi connectivity index (χ3v) is 6.74. The molecule has 0 saturated heterocycles. The summed E-state index contributed by atoms with van der Waals surface area (Å²) in [6, 6.07) is 2.94. The normalized spacial score (nSPS) is 17.7. The van der Waals surface area contributed by atoms with E-state index in [-0.39, 0.29) is 10.0 Å². The molecular weight excluding hydrogens is 342 g/mol. The minimum atomic E-state index is -3.66. The van der Waals surface area contributed by atoms with Crippen molar-refractivity contribution in [2.75, 3.05) is 0 Å². The number of rotatable bonds is 4. The van der Waals surface area contributed by atoms with Crippen LogP contribution in [-0.2, 0) is 15.6 Å². The van der Waals surface area contributed by atoms with Crippen molar-refractivity contribution < 1.29 is 8.42 Å². The average Bonchev–Trinajstić information content (AvgIpc) is 3.09. The molecule has 0 aromatic carbocycles. The first-order chi connectivity index (χ1) is 10.4. The molecule has 0 aliphatic heterocycles. The van der Waals surface area contributed by atoms with Gasteiger partial charge in [-0.3, -0.25) is 0 Å². The standard InChI is InChI=1S/C14H16ClN3O2S2/c1-10-9-21-13(17-10)14(6-2-3-7-14)18-22(19,20)11-4-5-12(15)16-8-11/h4-5,8-9,18H,2-3,6-7H2,1H3. The van der Waals surface area contributed by atoms with Crippen molar-refractivity contribution in [2.24, 2.45) is 0 Å². The number of pyridine rings is 1. The van der Waals surface area contributed by atoms with Crippen LogP contribution in [0.1, 0.15) is 36.4 Å². The summed E-state index contributed by atoms with van der Waals surface area (Å²) in [4.78, 5) is 8.49. The second-order valence-corrected chi connectivity index (χ2v) is 8.43. The Balaban J connectivity index is 1.95. The summed E-state index contributed by atoms with van der Waals surface area (Å²) >= 11 is 7.23. The Morgan fingerprint density at radius 1 is 1.32 bits per heavy atom. The van der Waals surface area contributed by atoms with Crippen LogP contribution in [0.25, 0.3) is 0 Å². The van der Waals surface area contributed by atoms with Crippen LogP contribution in [0, 0.1) is 6.92 Å². The Labute approximate surface area is 138 Å². The number of hydrogen-bond acceptors (Lipinski definition) is 5. The van der Waals surface area contributed by atoms with Gasteiger partial charge in [-0.05, 0) is 31.9 Å². The molecule has 22 heavy (non-hydrogen) atoms. The van der Waals surface area contributed by atoms with Crippen LogP contribution >= 0.6 is 22.9 Å². The fourth-order valence-corrected chi connectivity index (χ4v) is 5.31. The van der Waals surface area contributed by atoms with E-state index in [0.717, 1.165) is 36.4 Å². The highest BCUT2D eigenvalue weighted by Crippen LogP contribution is 2.41. The van der Waals surface area contributed by atoms with Crippen molar-refractivity contribution in [3.05, 3.63) is 39.6 Å². The molecule has 0 unspecified atom stereocenters. The summed E-state index contributed by atoms with van der Waals surface area (Å²) < 4.78 is 28.2. The molecule has 1 aliphatic carbocycles. The largest absolute Gasteiger partial charge is 0.245 e. The van der Waals surface area contributed by atoms with Gasteiger partial charge < -0.3 is 0 Å². The first kappa shape index (κ1) is 15.9. The molecule has 2 aromatic rings. The van der Waals surface area contributed by atoms with Crippen molar-refractivity contribution in [1.29, 1.82) is 0 Å². The first-order valence-electron chi connectivity index (χ1n) is 6.99. The Morgan fingerprint density at radius 2 is 2.05 bits per heavy atom. The number of sulfonamides is 1. The molecule has 0 spiro atoms. The van der Waals surface area contributed by atoms with Gasteiger partial charge in [0.2, 0.25) is 10.0 Å². The van der Waals surface area contributed by atoms with Crippen LogP contribution < -0.4 is 4.72 Å². The predicted molar refractivity (Wildman–Crippen MR) is 86.6 cm³/mol. The molecule has 8 heteroatoms. The molecule has 0 bridgehead atoms. The average molecular weight is 358 g/mol. The monoisotopic (exact) mass is 357 g/mol. The first-order valence-corrected chi connectivity index (χ1v) is 9.74. The molecule has 0 atom stereocenters. The van der Waals surface area contributed by atoms with Crippen molar-refractivity contribution in [3.8, 4) is 0 Å². The van der Waals surface area contributed by atoms with Gasteiger partial charge in [-0.15, -0.1) is 11.3 Å². The van der Waals surface area contributed by atoms with Crippen LogP contribution in [0.4, 0.5) is 0 Å². The van der Waals surface area contributed by atoms with E-state index >= 15 is 0 Å². The maximum absolute atomic E-state index is 12.7. The van der Waals surface area contributed by atoms with Crippen molar-refractivity contribution in [1.82, 2.24) is 14.7 Å². The minimum absolute atomic E-state index is 0.122. The zero-order valence-electron chi connectivity index (χ0n) is 12.0. The second-order valence-electron chi connectivity index (χ2n) is 5.51. The molecule has 1 fully saturated rings. The smallest absolute Gasteiger partial charge is 0.242 e. The Kier molecular flexibility index (Phi) is 4.24. The van der Waals surface area contributed by atoms with Crippen molar-refractivity contribution in [2.45, 2.75) is 43.0 Å². The van der Waals surface area contributed by atoms with Gasteiger partial charge >= 0.3 is 0 Å². The molecule has 0 radical (unpaired) electrons. The maximum atomic E-state index is 12.7. The van der Waals surface area contributed by atoms with Crippen molar-refractivity contribution in [3.63, 3.8) is 0 Å². The van der Waals surface area contributed by atoms with E-state index in [0.29, 0.717) is 0 Å². The molecule has 3 rings (SSSR count). The van der Waals surface area contributed by atoms with Gasteiger partial charge in [0.15, 0.2) is 0 Å². The summed E-state index contributed by atoms with van der Waals surface area (Å²) in [7, 11) is -3.66. The molecule has 1 N–H and O–H groups in total. The van der Waals surface area contributed by atoms with E-state index in [1.165, 1.54) is 29.7 Å². The summed E-state index contributed by atoms with van der Waals surface area (Å²) in [5.74, 6) is 0. The fraction of sp³-hybridized carbons (Fsp3) is 0.429. The number of halogens is 1. The lowest BCUT2D eigenvalue weighted by Crippen LogP contribution is -2.43. The molecule has 118 valence electrons. The lowest BCUT2D eigenvalue weighted by Gasteiger charge is -2.27. The molecule has 1 saturated carbocycles. The summed E-state index contributed by atoms with van der Waals surface area (Å²) in [6.45, 7) is 1.92. The molecule has 2 aromatic heterocycles. The number of aryl methyl sites for hydroxylation is 1. The lowest BCUT2D eigenvalue weighted by atomic mass is 10.0. The zero-order valence-corrected chi connectivity index (χ0v) is 14.4. The summed E-state index contributed by atoms with van der Waals surface area (Å²) in [5.41, 5.74) is 0.316. The fourth-order valence-electron chi connectivity index (χ4n) is 2.75. The Morgan fingerprint density at radius 3 is 2.59 bits per heavy atom. The van der Waals surface area contributed by atoms with Gasteiger partial charge in [0.05, 0.1) is 5.54 Å². The van der Waals surface area contributed by atoms with Crippen LogP contribution in [0.3, 0.4) is 0 Å². The van der Waals surface area contributed by atoms with Crippen LogP contribution in [-0.4, -0.2) is 18.4 Å². The number of nitrogens with one attached hydrogen (secondary N) is 1. The Bertz CT molecular complexity index is 766. The minimum Gasteiger partial charge on any atom is -0.245 e. The highest BCUT2D eigenvalue weighted by molar-refractivity contribution is 7.89. The van der Waals surface area contributed by atoms with Crippen LogP contribution in [0.2, 0.25) is 5.15 Å². The van der Waals surface area contributed by atoms with Gasteiger partial charge in [0, 0.05) is 17.3 Å². The zero-order chi connectivity index (χ0) is 15.8. The molecule has 5 nitrogen and oxygen atoms in total.